The van der Waals surface area contributed by atoms with E-state index in [9.17, 15) is 4.79 Å². The van der Waals surface area contributed by atoms with Crippen molar-refractivity contribution in [3.8, 4) is 0 Å². The minimum absolute atomic E-state index is 0.0526. The summed E-state index contributed by atoms with van der Waals surface area (Å²) in [4.78, 5) is 10.6. The van der Waals surface area contributed by atoms with Crippen LogP contribution in [0.1, 0.15) is 13.8 Å². The summed E-state index contributed by atoms with van der Waals surface area (Å²) in [5.74, 6) is -0.294. The van der Waals surface area contributed by atoms with E-state index in [1.54, 1.807) is 13.8 Å². The fourth-order valence-corrected chi connectivity index (χ4v) is 0.284. The molecule has 0 N–H and O–H groups in total. The van der Waals surface area contributed by atoms with E-state index in [0.717, 1.165) is 0 Å². The zero-order valence-corrected chi connectivity index (χ0v) is 6.01. The standard InChI is InChI=1S/C6H12O3/c1-5(2)6(7)9-4-8-3/h5H,4H2,1-3H3. The van der Waals surface area contributed by atoms with Gasteiger partial charge in [0, 0.05) is 7.11 Å². The molecule has 0 amide bonds. The summed E-state index contributed by atoms with van der Waals surface area (Å²) in [6.45, 7) is 3.60. The molecule has 3 nitrogen and oxygen atoms in total. The minimum Gasteiger partial charge on any atom is -0.438 e. The topological polar surface area (TPSA) is 35.5 Å². The number of rotatable bonds is 3. The van der Waals surface area contributed by atoms with E-state index < -0.39 is 0 Å². The van der Waals surface area contributed by atoms with Gasteiger partial charge in [-0.2, -0.15) is 0 Å². The molecule has 0 heterocycles. The molecule has 0 saturated heterocycles. The van der Waals surface area contributed by atoms with E-state index in [1.165, 1.54) is 7.11 Å². The van der Waals surface area contributed by atoms with Crippen LogP contribution < -0.4 is 0 Å². The molecule has 0 aliphatic heterocycles. The van der Waals surface area contributed by atoms with Crippen LogP contribution in [0.15, 0.2) is 0 Å². The molecule has 0 radical (unpaired) electrons. The van der Waals surface area contributed by atoms with Crippen molar-refractivity contribution < 1.29 is 14.3 Å². The predicted octanol–water partition coefficient (Wildman–Crippen LogP) is 0.790. The first kappa shape index (κ1) is 8.43. The van der Waals surface area contributed by atoms with Gasteiger partial charge in [0.2, 0.25) is 0 Å². The van der Waals surface area contributed by atoms with Gasteiger partial charge in [0.15, 0.2) is 6.79 Å². The molecule has 0 aliphatic rings. The van der Waals surface area contributed by atoms with E-state index >= 15 is 0 Å². The molecule has 0 saturated carbocycles. The Hall–Kier alpha value is -0.570. The van der Waals surface area contributed by atoms with Crippen molar-refractivity contribution in [2.45, 2.75) is 13.8 Å². The normalized spacial score (nSPS) is 9.78. The summed E-state index contributed by atoms with van der Waals surface area (Å²) < 4.78 is 9.11. The second kappa shape index (κ2) is 4.32. The van der Waals surface area contributed by atoms with E-state index in [2.05, 4.69) is 9.47 Å². The minimum atomic E-state index is -0.225. The maximum absolute atomic E-state index is 10.6. The van der Waals surface area contributed by atoms with Crippen molar-refractivity contribution >= 4 is 5.97 Å². The van der Waals surface area contributed by atoms with Crippen LogP contribution in [0.25, 0.3) is 0 Å². The predicted molar refractivity (Wildman–Crippen MR) is 32.8 cm³/mol. The van der Waals surface area contributed by atoms with Gasteiger partial charge in [0.1, 0.15) is 0 Å². The average molecular weight is 132 g/mol. The van der Waals surface area contributed by atoms with Crippen molar-refractivity contribution in [2.24, 2.45) is 5.92 Å². The van der Waals surface area contributed by atoms with Crippen molar-refractivity contribution in [1.29, 1.82) is 0 Å². The van der Waals surface area contributed by atoms with Crippen molar-refractivity contribution in [3.05, 3.63) is 0 Å². The molecule has 0 atom stereocenters. The first-order valence-electron chi connectivity index (χ1n) is 2.84. The Morgan fingerprint density at radius 2 is 2.11 bits per heavy atom. The molecule has 0 unspecified atom stereocenters. The van der Waals surface area contributed by atoms with Gasteiger partial charge in [0.25, 0.3) is 0 Å². The molecular weight excluding hydrogens is 120 g/mol. The Labute approximate surface area is 55.0 Å². The number of ether oxygens (including phenoxy) is 2. The van der Waals surface area contributed by atoms with Crippen LogP contribution in [0.4, 0.5) is 0 Å². The van der Waals surface area contributed by atoms with E-state index in [0.29, 0.717) is 0 Å². The lowest BCUT2D eigenvalue weighted by molar-refractivity contribution is -0.157. The fraction of sp³-hybridized carbons (Fsp3) is 0.833. The van der Waals surface area contributed by atoms with Crippen LogP contribution in [0.5, 0.6) is 0 Å². The third kappa shape index (κ3) is 3.97. The summed E-state index contributed by atoms with van der Waals surface area (Å²) >= 11 is 0. The molecule has 0 aromatic rings. The quantitative estimate of drug-likeness (QED) is 0.420. The number of methoxy groups -OCH3 is 1. The largest absolute Gasteiger partial charge is 0.438 e. The molecule has 0 bridgehead atoms. The Balaban J connectivity index is 3.28. The highest BCUT2D eigenvalue weighted by molar-refractivity contribution is 5.71. The molecule has 3 heteroatoms. The van der Waals surface area contributed by atoms with Crippen molar-refractivity contribution in [1.82, 2.24) is 0 Å². The maximum Gasteiger partial charge on any atom is 0.310 e. The molecule has 0 aliphatic carbocycles. The highest BCUT2D eigenvalue weighted by Crippen LogP contribution is 1.94. The van der Waals surface area contributed by atoms with Crippen LogP contribution in [0.2, 0.25) is 0 Å². The number of carbonyl (C=O) groups is 1. The second-order valence-corrected chi connectivity index (χ2v) is 2.02. The monoisotopic (exact) mass is 132 g/mol. The van der Waals surface area contributed by atoms with Gasteiger partial charge >= 0.3 is 5.97 Å². The highest BCUT2D eigenvalue weighted by atomic mass is 16.7. The lowest BCUT2D eigenvalue weighted by Crippen LogP contribution is -2.12. The summed E-state index contributed by atoms with van der Waals surface area (Å²) in [7, 11) is 1.48. The molecule has 0 aromatic carbocycles. The summed E-state index contributed by atoms with van der Waals surface area (Å²) in [5.41, 5.74) is 0. The van der Waals surface area contributed by atoms with Gasteiger partial charge in [-0.05, 0) is 0 Å². The number of carbonyl (C=O) groups excluding carboxylic acids is 1. The van der Waals surface area contributed by atoms with Gasteiger partial charge in [-0.3, -0.25) is 4.79 Å². The van der Waals surface area contributed by atoms with E-state index in [4.69, 9.17) is 0 Å². The molecule has 54 valence electrons. The summed E-state index contributed by atoms with van der Waals surface area (Å²) in [6, 6.07) is 0. The Morgan fingerprint density at radius 3 is 2.44 bits per heavy atom. The molecule has 0 rings (SSSR count). The van der Waals surface area contributed by atoms with Gasteiger partial charge in [-0.15, -0.1) is 0 Å². The zero-order valence-electron chi connectivity index (χ0n) is 6.01. The smallest absolute Gasteiger partial charge is 0.310 e. The SMILES string of the molecule is COCOC(=O)C(C)C. The van der Waals surface area contributed by atoms with Crippen LogP contribution >= 0.6 is 0 Å². The molecule has 0 fully saturated rings. The first-order valence-corrected chi connectivity index (χ1v) is 2.84. The molecule has 9 heavy (non-hydrogen) atoms. The molecular formula is C6H12O3. The lowest BCUT2D eigenvalue weighted by atomic mass is 10.2. The Bertz CT molecular complexity index is 88.3. The number of hydrogen-bond acceptors (Lipinski definition) is 3. The maximum atomic E-state index is 10.6. The van der Waals surface area contributed by atoms with E-state index in [-0.39, 0.29) is 18.7 Å². The van der Waals surface area contributed by atoms with Crippen LogP contribution in [0, 0.1) is 5.92 Å². The average Bonchev–Trinajstić information content (AvgIpc) is 1.82. The summed E-state index contributed by atoms with van der Waals surface area (Å²) in [6.07, 6.45) is 0. The van der Waals surface area contributed by atoms with Crippen LogP contribution in [-0.2, 0) is 14.3 Å². The van der Waals surface area contributed by atoms with Crippen LogP contribution in [-0.4, -0.2) is 19.9 Å². The first-order chi connectivity index (χ1) is 4.18. The fourth-order valence-electron chi connectivity index (χ4n) is 0.284. The summed E-state index contributed by atoms with van der Waals surface area (Å²) in [5, 5.41) is 0. The van der Waals surface area contributed by atoms with Gasteiger partial charge in [-0.25, -0.2) is 0 Å². The third-order valence-electron chi connectivity index (χ3n) is 0.790. The number of hydrogen-bond donors (Lipinski definition) is 0. The van der Waals surface area contributed by atoms with Crippen LogP contribution in [0.3, 0.4) is 0 Å². The lowest BCUT2D eigenvalue weighted by Gasteiger charge is -2.03. The zero-order chi connectivity index (χ0) is 7.28. The van der Waals surface area contributed by atoms with E-state index in [1.807, 2.05) is 0 Å². The molecule has 0 aromatic heterocycles. The number of esters is 1. The molecule has 0 spiro atoms. The Morgan fingerprint density at radius 1 is 1.56 bits per heavy atom. The second-order valence-electron chi connectivity index (χ2n) is 2.02. The highest BCUT2D eigenvalue weighted by Gasteiger charge is 2.06. The van der Waals surface area contributed by atoms with Crippen molar-refractivity contribution in [3.63, 3.8) is 0 Å². The third-order valence-corrected chi connectivity index (χ3v) is 0.790. The van der Waals surface area contributed by atoms with Crippen molar-refractivity contribution in [2.75, 3.05) is 13.9 Å². The van der Waals surface area contributed by atoms with Gasteiger partial charge in [0.05, 0.1) is 5.92 Å². The van der Waals surface area contributed by atoms with Gasteiger partial charge in [-0.1, -0.05) is 13.8 Å². The van der Waals surface area contributed by atoms with Gasteiger partial charge < -0.3 is 9.47 Å². The Kier molecular flexibility index (Phi) is 4.05.